The number of methoxy groups -OCH3 is 1. The highest BCUT2D eigenvalue weighted by Crippen LogP contribution is 2.33. The normalized spacial score (nSPS) is 13.9. The molecule has 7 heteroatoms. The Bertz CT molecular complexity index is 1150. The fourth-order valence-corrected chi connectivity index (χ4v) is 3.08. The van der Waals surface area contributed by atoms with Gasteiger partial charge in [0.1, 0.15) is 17.3 Å². The molecule has 0 fully saturated rings. The van der Waals surface area contributed by atoms with Gasteiger partial charge in [0.05, 0.1) is 19.3 Å². The van der Waals surface area contributed by atoms with Crippen LogP contribution in [-0.4, -0.2) is 18.9 Å². The molecule has 7 nitrogen and oxygen atoms in total. The van der Waals surface area contributed by atoms with E-state index in [2.05, 4.69) is 10.6 Å². The molecule has 2 heterocycles. The van der Waals surface area contributed by atoms with E-state index in [-0.39, 0.29) is 18.2 Å². The van der Waals surface area contributed by atoms with E-state index in [1.54, 1.807) is 37.5 Å². The summed E-state index contributed by atoms with van der Waals surface area (Å²) in [7, 11) is 1.56. The highest BCUT2D eigenvalue weighted by molar-refractivity contribution is 6.09. The van der Waals surface area contributed by atoms with E-state index < -0.39 is 5.91 Å². The first-order valence-corrected chi connectivity index (χ1v) is 9.35. The van der Waals surface area contributed by atoms with Crippen molar-refractivity contribution in [2.75, 3.05) is 12.4 Å². The molecule has 30 heavy (non-hydrogen) atoms. The van der Waals surface area contributed by atoms with Crippen LogP contribution in [0.1, 0.15) is 27.4 Å². The van der Waals surface area contributed by atoms with Crippen LogP contribution in [0.4, 0.5) is 5.69 Å². The number of rotatable bonds is 5. The summed E-state index contributed by atoms with van der Waals surface area (Å²) in [5.74, 6) is 1.98. The van der Waals surface area contributed by atoms with Gasteiger partial charge in [0.25, 0.3) is 11.8 Å². The Morgan fingerprint density at radius 3 is 2.77 bits per heavy atom. The molecule has 2 aromatic carbocycles. The molecule has 0 radical (unpaired) electrons. The van der Waals surface area contributed by atoms with Crippen molar-refractivity contribution >= 4 is 23.6 Å². The summed E-state index contributed by atoms with van der Waals surface area (Å²) in [5.41, 5.74) is 1.55. The largest absolute Gasteiger partial charge is 0.496 e. The molecule has 152 valence electrons. The number of hydrogen-bond acceptors (Lipinski definition) is 5. The number of nitrogens with one attached hydrogen (secondary N) is 2. The van der Waals surface area contributed by atoms with Crippen LogP contribution in [0.2, 0.25) is 0 Å². The van der Waals surface area contributed by atoms with Gasteiger partial charge in [-0.15, -0.1) is 0 Å². The molecule has 0 bridgehead atoms. The van der Waals surface area contributed by atoms with Crippen LogP contribution in [0.5, 0.6) is 11.5 Å². The van der Waals surface area contributed by atoms with Crippen molar-refractivity contribution in [1.29, 1.82) is 0 Å². The van der Waals surface area contributed by atoms with Gasteiger partial charge in [0.2, 0.25) is 0 Å². The van der Waals surface area contributed by atoms with Gasteiger partial charge in [-0.25, -0.2) is 0 Å². The van der Waals surface area contributed by atoms with Crippen LogP contribution in [0.15, 0.2) is 64.8 Å². The van der Waals surface area contributed by atoms with Crippen molar-refractivity contribution in [3.05, 3.63) is 83.0 Å². The van der Waals surface area contributed by atoms with Gasteiger partial charge < -0.3 is 24.5 Å². The van der Waals surface area contributed by atoms with Crippen LogP contribution >= 0.6 is 0 Å². The first kappa shape index (κ1) is 19.3. The van der Waals surface area contributed by atoms with Gasteiger partial charge in [-0.2, -0.15) is 0 Å². The van der Waals surface area contributed by atoms with Gasteiger partial charge in [-0.3, -0.25) is 9.59 Å². The van der Waals surface area contributed by atoms with Gasteiger partial charge >= 0.3 is 0 Å². The maximum atomic E-state index is 12.5. The zero-order valence-corrected chi connectivity index (χ0v) is 16.5. The zero-order chi connectivity index (χ0) is 21.1. The number of hydrogen-bond donors (Lipinski definition) is 2. The second-order valence-electron chi connectivity index (χ2n) is 6.71. The molecule has 1 aliphatic heterocycles. The minimum atomic E-state index is -0.406. The van der Waals surface area contributed by atoms with Gasteiger partial charge in [-0.1, -0.05) is 18.2 Å². The van der Waals surface area contributed by atoms with E-state index in [4.69, 9.17) is 13.9 Å². The maximum Gasteiger partial charge on any atom is 0.291 e. The fourth-order valence-electron chi connectivity index (χ4n) is 3.08. The molecule has 2 amide bonds. The SMILES string of the molecule is COc1ccccc1C=C1Oc2ccc(C(=O)NCc3ccc(C)o3)cc2NC1=O. The van der Waals surface area contributed by atoms with E-state index in [1.807, 2.05) is 37.3 Å². The fraction of sp³-hybridized carbons (Fsp3) is 0.130. The Balaban J connectivity index is 1.50. The zero-order valence-electron chi connectivity index (χ0n) is 16.5. The molecule has 1 aromatic heterocycles. The lowest BCUT2D eigenvalue weighted by Crippen LogP contribution is -2.25. The predicted octanol–water partition coefficient (Wildman–Crippen LogP) is 3.90. The number of para-hydroxylation sites is 1. The summed E-state index contributed by atoms with van der Waals surface area (Å²) in [4.78, 5) is 24.9. The number of aryl methyl sites for hydroxylation is 1. The molecular formula is C23H20N2O5. The summed E-state index contributed by atoms with van der Waals surface area (Å²) < 4.78 is 16.5. The lowest BCUT2D eigenvalue weighted by atomic mass is 10.1. The molecule has 1 aliphatic rings. The van der Waals surface area contributed by atoms with E-state index in [9.17, 15) is 9.59 Å². The number of carbonyl (C=O) groups is 2. The molecule has 0 spiro atoms. The number of carbonyl (C=O) groups excluding carboxylic acids is 2. The van der Waals surface area contributed by atoms with Crippen molar-refractivity contribution in [1.82, 2.24) is 5.32 Å². The van der Waals surface area contributed by atoms with Crippen molar-refractivity contribution in [2.45, 2.75) is 13.5 Å². The highest BCUT2D eigenvalue weighted by Gasteiger charge is 2.23. The molecule has 4 rings (SSSR count). The smallest absolute Gasteiger partial charge is 0.291 e. The highest BCUT2D eigenvalue weighted by atomic mass is 16.5. The number of benzene rings is 2. The molecule has 0 atom stereocenters. The van der Waals surface area contributed by atoms with Gasteiger partial charge in [-0.05, 0) is 49.4 Å². The van der Waals surface area contributed by atoms with E-state index in [0.29, 0.717) is 28.5 Å². The van der Waals surface area contributed by atoms with E-state index in [1.165, 1.54) is 0 Å². The quantitative estimate of drug-likeness (QED) is 0.630. The Morgan fingerprint density at radius 1 is 1.17 bits per heavy atom. The van der Waals surface area contributed by atoms with Crippen molar-refractivity contribution in [3.63, 3.8) is 0 Å². The minimum absolute atomic E-state index is 0.136. The lowest BCUT2D eigenvalue weighted by Gasteiger charge is -2.20. The molecule has 0 saturated carbocycles. The van der Waals surface area contributed by atoms with Crippen LogP contribution in [0.3, 0.4) is 0 Å². The van der Waals surface area contributed by atoms with Crippen LogP contribution < -0.4 is 20.1 Å². The third-order valence-electron chi connectivity index (χ3n) is 4.58. The Hall–Kier alpha value is -4.00. The Labute approximate surface area is 173 Å². The third kappa shape index (κ3) is 4.05. The van der Waals surface area contributed by atoms with Crippen molar-refractivity contribution < 1.29 is 23.5 Å². The van der Waals surface area contributed by atoms with Gasteiger partial charge in [0.15, 0.2) is 11.5 Å². The van der Waals surface area contributed by atoms with Crippen molar-refractivity contribution in [3.8, 4) is 11.5 Å². The topological polar surface area (TPSA) is 89.8 Å². The average Bonchev–Trinajstić information content (AvgIpc) is 3.17. The number of anilines is 1. The monoisotopic (exact) mass is 404 g/mol. The second kappa shape index (κ2) is 8.16. The van der Waals surface area contributed by atoms with E-state index in [0.717, 1.165) is 11.3 Å². The number of fused-ring (bicyclic) bond motifs is 1. The predicted molar refractivity (Wildman–Crippen MR) is 111 cm³/mol. The lowest BCUT2D eigenvalue weighted by molar-refractivity contribution is -0.115. The Kier molecular flexibility index (Phi) is 5.26. The number of ether oxygens (including phenoxy) is 2. The second-order valence-corrected chi connectivity index (χ2v) is 6.71. The summed E-state index contributed by atoms with van der Waals surface area (Å²) >= 11 is 0. The summed E-state index contributed by atoms with van der Waals surface area (Å²) in [5, 5.41) is 5.56. The maximum absolute atomic E-state index is 12.5. The molecule has 0 saturated heterocycles. The van der Waals surface area contributed by atoms with Gasteiger partial charge in [0, 0.05) is 11.1 Å². The molecular weight excluding hydrogens is 384 g/mol. The minimum Gasteiger partial charge on any atom is -0.496 e. The summed E-state index contributed by atoms with van der Waals surface area (Å²) in [6, 6.07) is 15.8. The van der Waals surface area contributed by atoms with Crippen LogP contribution in [-0.2, 0) is 11.3 Å². The van der Waals surface area contributed by atoms with Crippen molar-refractivity contribution in [2.24, 2.45) is 0 Å². The first-order chi connectivity index (χ1) is 14.5. The summed E-state index contributed by atoms with van der Waals surface area (Å²) in [6.07, 6.45) is 1.61. The molecule has 3 aromatic rings. The third-order valence-corrected chi connectivity index (χ3v) is 4.58. The Morgan fingerprint density at radius 2 is 2.00 bits per heavy atom. The molecule has 2 N–H and O–H groups in total. The standard InChI is InChI=1S/C23H20N2O5/c1-14-7-9-17(29-14)13-24-22(26)16-8-10-20-18(11-16)25-23(27)21(30-20)12-15-5-3-4-6-19(15)28-2/h3-12H,13H2,1-2H3,(H,24,26)(H,25,27). The first-order valence-electron chi connectivity index (χ1n) is 9.35. The van der Waals surface area contributed by atoms with E-state index >= 15 is 0 Å². The summed E-state index contributed by atoms with van der Waals surface area (Å²) in [6.45, 7) is 2.12. The van der Waals surface area contributed by atoms with Crippen LogP contribution in [0.25, 0.3) is 6.08 Å². The average molecular weight is 404 g/mol. The molecule has 0 aliphatic carbocycles. The number of amides is 2. The van der Waals surface area contributed by atoms with Crippen LogP contribution in [0, 0.1) is 6.92 Å². The molecule has 0 unspecified atom stereocenters. The number of furan rings is 1.